The molecule has 1 aliphatic heterocycles. The molecule has 1 aromatic carbocycles. The third-order valence-electron chi connectivity index (χ3n) is 3.26. The molecule has 2 aromatic rings. The number of hydrogen-bond acceptors (Lipinski definition) is 5. The van der Waals surface area contributed by atoms with Crippen LogP contribution in [0.3, 0.4) is 0 Å². The molecule has 0 saturated heterocycles. The molecule has 2 heterocycles. The van der Waals surface area contributed by atoms with Crippen LogP contribution in [-0.2, 0) is 0 Å². The van der Waals surface area contributed by atoms with Crippen LogP contribution in [0.15, 0.2) is 24.3 Å². The van der Waals surface area contributed by atoms with E-state index in [-0.39, 0.29) is 18.6 Å². The highest BCUT2D eigenvalue weighted by Crippen LogP contribution is 2.32. The van der Waals surface area contributed by atoms with E-state index in [1.807, 2.05) is 20.8 Å². The van der Waals surface area contributed by atoms with Gasteiger partial charge in [0.25, 0.3) is 5.91 Å². The molecule has 114 valence electrons. The number of carbonyl (C=O) groups excluding carboxylic acids is 1. The molecule has 22 heavy (non-hydrogen) atoms. The molecule has 1 amide bonds. The second-order valence-electron chi connectivity index (χ2n) is 5.43. The Bertz CT molecular complexity index is 729. The third-order valence-corrected chi connectivity index (χ3v) is 3.26. The Hall–Kier alpha value is -2.63. The van der Waals surface area contributed by atoms with E-state index in [2.05, 4.69) is 15.3 Å². The van der Waals surface area contributed by atoms with Gasteiger partial charge in [-0.2, -0.15) is 0 Å². The number of aryl methyl sites for hydroxylation is 1. The number of anilines is 1. The maximum atomic E-state index is 12.3. The molecule has 0 fully saturated rings. The van der Waals surface area contributed by atoms with Crippen LogP contribution >= 0.6 is 0 Å². The van der Waals surface area contributed by atoms with Crippen molar-refractivity contribution in [3.63, 3.8) is 0 Å². The fourth-order valence-electron chi connectivity index (χ4n) is 2.14. The minimum Gasteiger partial charge on any atom is -0.454 e. The summed E-state index contributed by atoms with van der Waals surface area (Å²) in [4.78, 5) is 21.1. The highest BCUT2D eigenvalue weighted by molar-refractivity contribution is 6.04. The zero-order valence-electron chi connectivity index (χ0n) is 12.7. The lowest BCUT2D eigenvalue weighted by Crippen LogP contribution is -2.14. The van der Waals surface area contributed by atoms with E-state index >= 15 is 0 Å². The van der Waals surface area contributed by atoms with Crippen LogP contribution in [-0.4, -0.2) is 22.7 Å². The second kappa shape index (κ2) is 5.63. The van der Waals surface area contributed by atoms with Gasteiger partial charge in [0.05, 0.1) is 0 Å². The van der Waals surface area contributed by atoms with Gasteiger partial charge in [0, 0.05) is 23.2 Å². The van der Waals surface area contributed by atoms with Gasteiger partial charge >= 0.3 is 0 Å². The number of aromatic nitrogens is 2. The molecule has 1 N–H and O–H groups in total. The first-order chi connectivity index (χ1) is 10.5. The highest BCUT2D eigenvalue weighted by Gasteiger charge is 2.17. The van der Waals surface area contributed by atoms with E-state index < -0.39 is 0 Å². The summed E-state index contributed by atoms with van der Waals surface area (Å²) in [5, 5.41) is 2.80. The van der Waals surface area contributed by atoms with E-state index in [4.69, 9.17) is 9.47 Å². The zero-order chi connectivity index (χ0) is 15.7. The molecule has 3 rings (SSSR count). The molecular formula is C16H17N3O3. The van der Waals surface area contributed by atoms with Crippen molar-refractivity contribution in [3.8, 4) is 11.5 Å². The number of rotatable bonds is 3. The fourth-order valence-corrected chi connectivity index (χ4v) is 2.14. The first-order valence-corrected chi connectivity index (χ1v) is 7.09. The third kappa shape index (κ3) is 2.86. The summed E-state index contributed by atoms with van der Waals surface area (Å²) >= 11 is 0. The summed E-state index contributed by atoms with van der Waals surface area (Å²) in [5.74, 6) is 2.39. The van der Waals surface area contributed by atoms with Crippen LogP contribution in [0.5, 0.6) is 11.5 Å². The molecule has 0 bridgehead atoms. The summed E-state index contributed by atoms with van der Waals surface area (Å²) in [6.45, 7) is 6.09. The lowest BCUT2D eigenvalue weighted by Gasteiger charge is -2.09. The predicted molar refractivity (Wildman–Crippen MR) is 81.4 cm³/mol. The minimum atomic E-state index is -0.244. The Balaban J connectivity index is 1.82. The Morgan fingerprint density at radius 1 is 1.18 bits per heavy atom. The van der Waals surface area contributed by atoms with Gasteiger partial charge in [-0.25, -0.2) is 9.97 Å². The summed E-state index contributed by atoms with van der Waals surface area (Å²) in [5.41, 5.74) is 1.31. The quantitative estimate of drug-likeness (QED) is 0.943. The van der Waals surface area contributed by atoms with Crippen LogP contribution in [0.2, 0.25) is 0 Å². The van der Waals surface area contributed by atoms with E-state index in [9.17, 15) is 4.79 Å². The summed E-state index contributed by atoms with van der Waals surface area (Å²) < 4.78 is 10.5. The van der Waals surface area contributed by atoms with E-state index in [0.29, 0.717) is 28.7 Å². The number of hydrogen-bond donors (Lipinski definition) is 1. The Labute approximate surface area is 128 Å². The van der Waals surface area contributed by atoms with Crippen molar-refractivity contribution < 1.29 is 14.3 Å². The summed E-state index contributed by atoms with van der Waals surface area (Å²) in [6.07, 6.45) is 0. The van der Waals surface area contributed by atoms with Gasteiger partial charge in [0.2, 0.25) is 6.79 Å². The first-order valence-electron chi connectivity index (χ1n) is 7.09. The molecule has 0 saturated carbocycles. The van der Waals surface area contributed by atoms with E-state index in [1.165, 1.54) is 0 Å². The average Bonchev–Trinajstić information content (AvgIpc) is 2.93. The van der Waals surface area contributed by atoms with Gasteiger partial charge in [0.15, 0.2) is 11.5 Å². The van der Waals surface area contributed by atoms with Crippen molar-refractivity contribution in [2.75, 3.05) is 12.1 Å². The van der Waals surface area contributed by atoms with Gasteiger partial charge in [0.1, 0.15) is 11.6 Å². The van der Waals surface area contributed by atoms with Gasteiger partial charge < -0.3 is 14.8 Å². The number of nitrogens with zero attached hydrogens (tertiary/aromatic N) is 2. The molecule has 6 heteroatoms. The molecule has 1 aliphatic rings. The number of benzene rings is 1. The Kier molecular flexibility index (Phi) is 3.66. The van der Waals surface area contributed by atoms with Crippen molar-refractivity contribution in [1.29, 1.82) is 0 Å². The van der Waals surface area contributed by atoms with E-state index in [1.54, 1.807) is 24.3 Å². The maximum Gasteiger partial charge on any atom is 0.256 e. The number of fused-ring (bicyclic) bond motifs is 1. The van der Waals surface area contributed by atoms with Crippen LogP contribution < -0.4 is 14.8 Å². The van der Waals surface area contributed by atoms with Gasteiger partial charge in [-0.1, -0.05) is 13.8 Å². The number of amides is 1. The lowest BCUT2D eigenvalue weighted by atomic mass is 10.2. The van der Waals surface area contributed by atoms with E-state index in [0.717, 1.165) is 5.69 Å². The first kappa shape index (κ1) is 14.3. The molecule has 1 aromatic heterocycles. The van der Waals surface area contributed by atoms with Gasteiger partial charge in [-0.15, -0.1) is 0 Å². The molecular weight excluding hydrogens is 282 g/mol. The van der Waals surface area contributed by atoms with Gasteiger partial charge in [-0.3, -0.25) is 4.79 Å². The number of carbonyl (C=O) groups is 1. The molecule has 0 radical (unpaired) electrons. The summed E-state index contributed by atoms with van der Waals surface area (Å²) in [7, 11) is 0. The van der Waals surface area contributed by atoms with Crippen molar-refractivity contribution in [2.24, 2.45) is 0 Å². The molecule has 6 nitrogen and oxygen atoms in total. The van der Waals surface area contributed by atoms with Crippen LogP contribution in [0.4, 0.5) is 5.82 Å². The van der Waals surface area contributed by atoms with Crippen LogP contribution in [0.1, 0.15) is 41.6 Å². The monoisotopic (exact) mass is 299 g/mol. The normalized spacial score (nSPS) is 12.5. The smallest absolute Gasteiger partial charge is 0.256 e. The van der Waals surface area contributed by atoms with Crippen LogP contribution in [0, 0.1) is 6.92 Å². The highest BCUT2D eigenvalue weighted by atomic mass is 16.7. The number of nitrogens with one attached hydrogen (secondary N) is 1. The topological polar surface area (TPSA) is 73.3 Å². The fraction of sp³-hybridized carbons (Fsp3) is 0.312. The van der Waals surface area contributed by atoms with Crippen molar-refractivity contribution in [2.45, 2.75) is 26.7 Å². The molecule has 0 aliphatic carbocycles. The molecule has 0 atom stereocenters. The number of ether oxygens (including phenoxy) is 2. The molecule has 0 unspecified atom stereocenters. The van der Waals surface area contributed by atoms with Gasteiger partial charge in [-0.05, 0) is 25.1 Å². The molecule has 0 spiro atoms. The summed E-state index contributed by atoms with van der Waals surface area (Å²) in [6, 6.07) is 6.83. The SMILES string of the molecule is Cc1cc(NC(=O)c2ccc3c(c2)OCO3)nc(C(C)C)n1. The minimum absolute atomic E-state index is 0.184. The maximum absolute atomic E-state index is 12.3. The van der Waals surface area contributed by atoms with Crippen molar-refractivity contribution in [1.82, 2.24) is 9.97 Å². The van der Waals surface area contributed by atoms with Crippen molar-refractivity contribution >= 4 is 11.7 Å². The predicted octanol–water partition coefficient (Wildman–Crippen LogP) is 2.89. The second-order valence-corrected chi connectivity index (χ2v) is 5.43. The lowest BCUT2D eigenvalue weighted by molar-refractivity contribution is 0.102. The van der Waals surface area contributed by atoms with Crippen LogP contribution in [0.25, 0.3) is 0 Å². The Morgan fingerprint density at radius 2 is 1.95 bits per heavy atom. The standard InChI is InChI=1S/C16H17N3O3/c1-9(2)15-17-10(3)6-14(18-15)19-16(20)11-4-5-12-13(7-11)22-8-21-12/h4-7,9H,8H2,1-3H3,(H,17,18,19,20). The van der Waals surface area contributed by atoms with Crippen molar-refractivity contribution in [3.05, 3.63) is 41.3 Å². The zero-order valence-corrected chi connectivity index (χ0v) is 12.7. The largest absolute Gasteiger partial charge is 0.454 e. The average molecular weight is 299 g/mol. The Morgan fingerprint density at radius 3 is 2.73 bits per heavy atom.